The SMILES string of the molecule is COc1ccc(C=Cc2cc(OC)c(OC)c(OC)c2)c(NC(=O)/C=C/c2ccc([N+](=O)[O-])c(OC)c2)c1. The van der Waals surface area contributed by atoms with Gasteiger partial charge < -0.3 is 29.0 Å². The van der Waals surface area contributed by atoms with Gasteiger partial charge in [-0.3, -0.25) is 14.9 Å². The molecule has 10 heteroatoms. The number of ether oxygens (including phenoxy) is 5. The van der Waals surface area contributed by atoms with Crippen molar-refractivity contribution in [2.75, 3.05) is 40.9 Å². The van der Waals surface area contributed by atoms with E-state index in [-0.39, 0.29) is 11.4 Å². The highest BCUT2D eigenvalue weighted by Gasteiger charge is 2.14. The van der Waals surface area contributed by atoms with Gasteiger partial charge in [-0.25, -0.2) is 0 Å². The molecule has 1 amide bonds. The van der Waals surface area contributed by atoms with Crippen molar-refractivity contribution in [3.05, 3.63) is 81.4 Å². The molecule has 3 aromatic rings. The van der Waals surface area contributed by atoms with Crippen LogP contribution in [-0.4, -0.2) is 46.4 Å². The minimum absolute atomic E-state index is 0.101. The van der Waals surface area contributed by atoms with Crippen molar-refractivity contribution in [3.8, 4) is 28.7 Å². The number of carbonyl (C=O) groups is 1. The first-order valence-corrected chi connectivity index (χ1v) is 11.3. The number of hydrogen-bond donors (Lipinski definition) is 1. The van der Waals surface area contributed by atoms with E-state index in [1.807, 2.05) is 18.2 Å². The third kappa shape index (κ3) is 6.61. The highest BCUT2D eigenvalue weighted by Crippen LogP contribution is 2.39. The molecule has 0 atom stereocenters. The van der Waals surface area contributed by atoms with Gasteiger partial charge in [-0.1, -0.05) is 12.2 Å². The Balaban J connectivity index is 1.86. The molecule has 0 saturated carbocycles. The summed E-state index contributed by atoms with van der Waals surface area (Å²) in [5.74, 6) is 1.78. The standard InChI is InChI=1S/C28H28N2O8/c1-34-21-11-10-20(9-6-19-15-25(36-3)28(38-5)26(16-19)37-4)22(17-21)29-27(31)13-8-18-7-12-23(30(32)33)24(14-18)35-2/h6-17H,1-5H3,(H,29,31)/b9-6?,13-8+. The molecule has 0 aliphatic carbocycles. The van der Waals surface area contributed by atoms with Crippen molar-refractivity contribution in [1.29, 1.82) is 0 Å². The number of carbonyl (C=O) groups excluding carboxylic acids is 1. The van der Waals surface area contributed by atoms with Gasteiger partial charge >= 0.3 is 5.69 Å². The van der Waals surface area contributed by atoms with Gasteiger partial charge in [0.1, 0.15) is 5.75 Å². The topological polar surface area (TPSA) is 118 Å². The summed E-state index contributed by atoms with van der Waals surface area (Å²) in [6.45, 7) is 0. The number of nitrogens with one attached hydrogen (secondary N) is 1. The minimum Gasteiger partial charge on any atom is -0.497 e. The van der Waals surface area contributed by atoms with Crippen molar-refractivity contribution in [2.24, 2.45) is 0 Å². The Kier molecular flexibility index (Phi) is 9.31. The zero-order valence-electron chi connectivity index (χ0n) is 21.6. The predicted octanol–water partition coefficient (Wildman–Crippen LogP) is 5.46. The summed E-state index contributed by atoms with van der Waals surface area (Å²) in [5.41, 5.74) is 2.44. The van der Waals surface area contributed by atoms with Crippen molar-refractivity contribution in [2.45, 2.75) is 0 Å². The second kappa shape index (κ2) is 12.8. The van der Waals surface area contributed by atoms with Crippen LogP contribution in [-0.2, 0) is 4.79 Å². The van der Waals surface area contributed by atoms with E-state index >= 15 is 0 Å². The fraction of sp³-hybridized carbons (Fsp3) is 0.179. The van der Waals surface area contributed by atoms with E-state index in [0.29, 0.717) is 34.2 Å². The largest absolute Gasteiger partial charge is 0.497 e. The Labute approximate surface area is 220 Å². The maximum Gasteiger partial charge on any atom is 0.310 e. The molecule has 0 fully saturated rings. The van der Waals surface area contributed by atoms with Gasteiger partial charge in [-0.15, -0.1) is 0 Å². The molecular formula is C28H28N2O8. The third-order valence-corrected chi connectivity index (χ3v) is 5.49. The highest BCUT2D eigenvalue weighted by atomic mass is 16.6. The van der Waals surface area contributed by atoms with Gasteiger partial charge in [0.05, 0.1) is 46.2 Å². The van der Waals surface area contributed by atoms with Crippen LogP contribution >= 0.6 is 0 Å². The summed E-state index contributed by atoms with van der Waals surface area (Å²) in [5, 5.41) is 13.9. The van der Waals surface area contributed by atoms with E-state index in [9.17, 15) is 14.9 Å². The second-order valence-electron chi connectivity index (χ2n) is 7.76. The van der Waals surface area contributed by atoms with Crippen LogP contribution < -0.4 is 29.0 Å². The Bertz CT molecular complexity index is 1360. The summed E-state index contributed by atoms with van der Waals surface area (Å²) in [7, 11) is 7.51. The summed E-state index contributed by atoms with van der Waals surface area (Å²) >= 11 is 0. The molecule has 0 radical (unpaired) electrons. The number of nitrogens with zero attached hydrogens (tertiary/aromatic N) is 1. The molecule has 1 N–H and O–H groups in total. The number of hydrogen-bond acceptors (Lipinski definition) is 8. The van der Waals surface area contributed by atoms with Crippen LogP contribution in [0.4, 0.5) is 11.4 Å². The molecule has 38 heavy (non-hydrogen) atoms. The van der Waals surface area contributed by atoms with E-state index < -0.39 is 10.8 Å². The van der Waals surface area contributed by atoms with Crippen molar-refractivity contribution < 1.29 is 33.4 Å². The van der Waals surface area contributed by atoms with Gasteiger partial charge in [-0.2, -0.15) is 0 Å². The number of anilines is 1. The van der Waals surface area contributed by atoms with E-state index in [2.05, 4.69) is 5.32 Å². The third-order valence-electron chi connectivity index (χ3n) is 5.49. The highest BCUT2D eigenvalue weighted by molar-refractivity contribution is 6.03. The molecule has 0 bridgehead atoms. The second-order valence-corrected chi connectivity index (χ2v) is 7.76. The first-order chi connectivity index (χ1) is 18.3. The summed E-state index contributed by atoms with van der Waals surface area (Å²) in [6.07, 6.45) is 6.54. The molecule has 0 aromatic heterocycles. The van der Waals surface area contributed by atoms with Crippen LogP contribution in [0.1, 0.15) is 16.7 Å². The van der Waals surface area contributed by atoms with E-state index in [0.717, 1.165) is 11.1 Å². The number of rotatable bonds is 11. The van der Waals surface area contributed by atoms with Crippen LogP contribution in [0.15, 0.2) is 54.6 Å². The Morgan fingerprint density at radius 3 is 2.00 bits per heavy atom. The number of benzene rings is 3. The lowest BCUT2D eigenvalue weighted by molar-refractivity contribution is -0.385. The van der Waals surface area contributed by atoms with E-state index in [1.54, 1.807) is 38.5 Å². The molecule has 10 nitrogen and oxygen atoms in total. The molecule has 3 aromatic carbocycles. The van der Waals surface area contributed by atoms with Crippen LogP contribution in [0.25, 0.3) is 18.2 Å². The monoisotopic (exact) mass is 520 g/mol. The van der Waals surface area contributed by atoms with Crippen LogP contribution in [0.5, 0.6) is 28.7 Å². The lowest BCUT2D eigenvalue weighted by Crippen LogP contribution is -2.09. The van der Waals surface area contributed by atoms with Gasteiger partial charge in [-0.05, 0) is 59.2 Å². The van der Waals surface area contributed by atoms with Gasteiger partial charge in [0.25, 0.3) is 0 Å². The normalized spacial score (nSPS) is 10.9. The maximum absolute atomic E-state index is 12.7. The van der Waals surface area contributed by atoms with Gasteiger partial charge in [0.2, 0.25) is 11.7 Å². The Morgan fingerprint density at radius 1 is 0.763 bits per heavy atom. The zero-order valence-corrected chi connectivity index (χ0v) is 21.6. The summed E-state index contributed by atoms with van der Waals surface area (Å²) < 4.78 is 26.6. The first kappa shape index (κ1) is 27.6. The minimum atomic E-state index is -0.533. The molecule has 0 aliphatic rings. The van der Waals surface area contributed by atoms with E-state index in [4.69, 9.17) is 23.7 Å². The fourth-order valence-electron chi connectivity index (χ4n) is 3.59. The average molecular weight is 521 g/mol. The molecule has 0 aliphatic heterocycles. The lowest BCUT2D eigenvalue weighted by Gasteiger charge is -2.13. The Morgan fingerprint density at radius 2 is 1.42 bits per heavy atom. The average Bonchev–Trinajstić information content (AvgIpc) is 2.94. The predicted molar refractivity (Wildman–Crippen MR) is 145 cm³/mol. The van der Waals surface area contributed by atoms with Crippen molar-refractivity contribution >= 4 is 35.5 Å². The molecule has 0 heterocycles. The van der Waals surface area contributed by atoms with Crippen molar-refractivity contribution in [3.63, 3.8) is 0 Å². The van der Waals surface area contributed by atoms with E-state index in [1.165, 1.54) is 51.7 Å². The molecule has 0 saturated heterocycles. The molecule has 3 rings (SSSR count). The van der Waals surface area contributed by atoms with Crippen LogP contribution in [0, 0.1) is 10.1 Å². The number of nitro benzene ring substituents is 1. The first-order valence-electron chi connectivity index (χ1n) is 11.3. The number of nitro groups is 1. The van der Waals surface area contributed by atoms with Crippen LogP contribution in [0.2, 0.25) is 0 Å². The fourth-order valence-corrected chi connectivity index (χ4v) is 3.59. The maximum atomic E-state index is 12.7. The molecule has 0 spiro atoms. The molecule has 198 valence electrons. The van der Waals surface area contributed by atoms with Crippen LogP contribution in [0.3, 0.4) is 0 Å². The number of methoxy groups -OCH3 is 5. The van der Waals surface area contributed by atoms with Gasteiger partial charge in [0, 0.05) is 18.2 Å². The smallest absolute Gasteiger partial charge is 0.310 e. The summed E-state index contributed by atoms with van der Waals surface area (Å²) in [4.78, 5) is 23.3. The molecular weight excluding hydrogens is 492 g/mol. The van der Waals surface area contributed by atoms with Crippen molar-refractivity contribution in [1.82, 2.24) is 0 Å². The lowest BCUT2D eigenvalue weighted by atomic mass is 10.1. The Hall–Kier alpha value is -4.99. The zero-order chi connectivity index (χ0) is 27.7. The quantitative estimate of drug-likeness (QED) is 0.153. The van der Waals surface area contributed by atoms with Gasteiger partial charge in [0.15, 0.2) is 17.2 Å². The summed E-state index contributed by atoms with van der Waals surface area (Å²) in [6, 6.07) is 13.2. The molecule has 0 unspecified atom stereocenters. The number of amides is 1.